The first-order valence-electron chi connectivity index (χ1n) is 7.57. The van der Waals surface area contributed by atoms with Gasteiger partial charge in [0, 0.05) is 12.6 Å². The Morgan fingerprint density at radius 1 is 1.41 bits per heavy atom. The third kappa shape index (κ3) is 3.33. The van der Waals surface area contributed by atoms with Crippen LogP contribution in [0.1, 0.15) is 45.5 Å². The number of ether oxygens (including phenoxy) is 1. The van der Waals surface area contributed by atoms with Crippen molar-refractivity contribution in [2.75, 3.05) is 13.2 Å². The van der Waals surface area contributed by atoms with Crippen molar-refractivity contribution in [2.45, 2.75) is 45.7 Å². The maximum absolute atomic E-state index is 5.54. The lowest BCUT2D eigenvalue weighted by molar-refractivity contribution is 0.0551. The number of rotatable bonds is 4. The molecule has 120 valence electrons. The molecule has 2 aromatic rings. The van der Waals surface area contributed by atoms with Gasteiger partial charge in [0.2, 0.25) is 11.7 Å². The van der Waals surface area contributed by atoms with Gasteiger partial charge in [-0.1, -0.05) is 25.9 Å². The molecule has 2 aromatic heterocycles. The average Bonchev–Trinajstić information content (AvgIpc) is 3.15. The fraction of sp³-hybridized carbons (Fsp3) is 0.714. The number of nitrogens with one attached hydrogen (secondary N) is 2. The van der Waals surface area contributed by atoms with E-state index in [4.69, 9.17) is 9.26 Å². The van der Waals surface area contributed by atoms with Crippen molar-refractivity contribution < 1.29 is 9.26 Å². The lowest BCUT2D eigenvalue weighted by Gasteiger charge is -2.33. The quantitative estimate of drug-likeness (QED) is 0.886. The van der Waals surface area contributed by atoms with Crippen LogP contribution in [0.25, 0.3) is 11.6 Å². The molecule has 0 aliphatic carbocycles. The number of hydrogen-bond acceptors (Lipinski definition) is 7. The van der Waals surface area contributed by atoms with Gasteiger partial charge in [-0.25, -0.2) is 4.98 Å². The van der Waals surface area contributed by atoms with Gasteiger partial charge in [-0.05, 0) is 18.3 Å². The van der Waals surface area contributed by atoms with E-state index >= 15 is 0 Å². The second kappa shape index (κ2) is 6.13. The summed E-state index contributed by atoms with van der Waals surface area (Å²) in [6, 6.07) is 0.252. The second-order valence-corrected chi connectivity index (χ2v) is 6.67. The Balaban J connectivity index is 1.80. The molecule has 0 spiro atoms. The van der Waals surface area contributed by atoms with Crippen LogP contribution in [-0.2, 0) is 4.74 Å². The lowest BCUT2D eigenvalue weighted by atomic mass is 9.85. The fourth-order valence-corrected chi connectivity index (χ4v) is 2.56. The monoisotopic (exact) mass is 306 g/mol. The maximum Gasteiger partial charge on any atom is 0.244 e. The minimum absolute atomic E-state index is 0.0524. The molecule has 1 fully saturated rings. The lowest BCUT2D eigenvalue weighted by Crippen LogP contribution is -2.43. The van der Waals surface area contributed by atoms with Crippen LogP contribution in [-0.4, -0.2) is 44.6 Å². The summed E-state index contributed by atoms with van der Waals surface area (Å²) in [6.07, 6.45) is 3.58. The summed E-state index contributed by atoms with van der Waals surface area (Å²) < 4.78 is 11.0. The van der Waals surface area contributed by atoms with Gasteiger partial charge in [-0.3, -0.25) is 5.10 Å². The molecule has 8 nitrogen and oxygen atoms in total. The summed E-state index contributed by atoms with van der Waals surface area (Å²) in [5.74, 6) is 1.48. The Hall–Kier alpha value is -1.80. The molecule has 3 rings (SSSR count). The summed E-state index contributed by atoms with van der Waals surface area (Å²) in [4.78, 5) is 8.52. The first kappa shape index (κ1) is 15.1. The van der Waals surface area contributed by atoms with E-state index in [-0.39, 0.29) is 11.5 Å². The van der Waals surface area contributed by atoms with Crippen LogP contribution in [0.3, 0.4) is 0 Å². The second-order valence-electron chi connectivity index (χ2n) is 6.67. The zero-order valence-electron chi connectivity index (χ0n) is 13.2. The van der Waals surface area contributed by atoms with Gasteiger partial charge in [0.25, 0.3) is 0 Å². The van der Waals surface area contributed by atoms with Gasteiger partial charge in [0.1, 0.15) is 6.33 Å². The first-order valence-corrected chi connectivity index (χ1v) is 7.57. The predicted molar refractivity (Wildman–Crippen MR) is 78.8 cm³/mol. The zero-order chi connectivity index (χ0) is 15.6. The maximum atomic E-state index is 5.54. The minimum Gasteiger partial charge on any atom is -0.380 e. The van der Waals surface area contributed by atoms with Crippen molar-refractivity contribution in [2.24, 2.45) is 5.41 Å². The van der Waals surface area contributed by atoms with E-state index in [1.807, 2.05) is 0 Å². The largest absolute Gasteiger partial charge is 0.380 e. The van der Waals surface area contributed by atoms with Gasteiger partial charge >= 0.3 is 0 Å². The number of nitrogens with zero attached hydrogens (tertiary/aromatic N) is 4. The highest BCUT2D eigenvalue weighted by molar-refractivity contribution is 5.39. The Labute approximate surface area is 129 Å². The van der Waals surface area contributed by atoms with E-state index in [9.17, 15) is 0 Å². The molecule has 2 N–H and O–H groups in total. The van der Waals surface area contributed by atoms with Gasteiger partial charge in [0.15, 0.2) is 5.82 Å². The van der Waals surface area contributed by atoms with Crippen molar-refractivity contribution in [3.63, 3.8) is 0 Å². The summed E-state index contributed by atoms with van der Waals surface area (Å²) in [7, 11) is 0. The smallest absolute Gasteiger partial charge is 0.244 e. The standard InChI is InChI=1S/C14H22N6O2/c1-14(2,3)10(17-9-5-4-6-21-7-9)13-18-12(20-22-13)11-15-8-16-19-11/h8-10,17H,4-7H2,1-3H3,(H,15,16,19). The Kier molecular flexibility index (Phi) is 4.21. The molecular weight excluding hydrogens is 284 g/mol. The van der Waals surface area contributed by atoms with E-state index < -0.39 is 0 Å². The molecule has 0 amide bonds. The summed E-state index contributed by atoms with van der Waals surface area (Å²) in [5, 5.41) is 14.1. The summed E-state index contributed by atoms with van der Waals surface area (Å²) in [6.45, 7) is 8.00. The highest BCUT2D eigenvalue weighted by Crippen LogP contribution is 2.33. The molecule has 0 aromatic carbocycles. The number of hydrogen-bond donors (Lipinski definition) is 2. The molecule has 0 bridgehead atoms. The minimum atomic E-state index is -0.0668. The third-order valence-corrected chi connectivity index (χ3v) is 3.74. The van der Waals surface area contributed by atoms with Crippen LogP contribution in [0, 0.1) is 5.41 Å². The molecule has 2 atom stereocenters. The Bertz CT molecular complexity index is 583. The van der Waals surface area contributed by atoms with Crippen LogP contribution in [0.15, 0.2) is 10.9 Å². The van der Waals surface area contributed by atoms with Crippen molar-refractivity contribution >= 4 is 0 Å². The topological polar surface area (TPSA) is 102 Å². The van der Waals surface area contributed by atoms with Crippen LogP contribution < -0.4 is 5.32 Å². The molecule has 8 heteroatoms. The van der Waals surface area contributed by atoms with Crippen LogP contribution >= 0.6 is 0 Å². The third-order valence-electron chi connectivity index (χ3n) is 3.74. The summed E-state index contributed by atoms with van der Waals surface area (Å²) in [5.41, 5.74) is -0.0668. The highest BCUT2D eigenvalue weighted by Gasteiger charge is 2.34. The highest BCUT2D eigenvalue weighted by atomic mass is 16.5. The Morgan fingerprint density at radius 3 is 2.91 bits per heavy atom. The van der Waals surface area contributed by atoms with E-state index in [0.29, 0.717) is 23.6 Å². The molecule has 1 aliphatic heterocycles. The van der Waals surface area contributed by atoms with Gasteiger partial charge < -0.3 is 14.6 Å². The molecule has 1 saturated heterocycles. The normalized spacial score (nSPS) is 21.0. The Morgan fingerprint density at radius 2 is 2.27 bits per heavy atom. The molecule has 2 unspecified atom stereocenters. The van der Waals surface area contributed by atoms with Crippen LogP contribution in [0.2, 0.25) is 0 Å². The molecular formula is C14H22N6O2. The van der Waals surface area contributed by atoms with Crippen molar-refractivity contribution in [1.29, 1.82) is 0 Å². The predicted octanol–water partition coefficient (Wildman–Crippen LogP) is 1.71. The van der Waals surface area contributed by atoms with Gasteiger partial charge in [-0.15, -0.1) is 0 Å². The van der Waals surface area contributed by atoms with E-state index in [0.717, 1.165) is 26.1 Å². The van der Waals surface area contributed by atoms with Crippen molar-refractivity contribution in [1.82, 2.24) is 30.6 Å². The number of H-pyrrole nitrogens is 1. The van der Waals surface area contributed by atoms with Crippen molar-refractivity contribution in [3.8, 4) is 11.6 Å². The van der Waals surface area contributed by atoms with Gasteiger partial charge in [0.05, 0.1) is 12.6 Å². The van der Waals surface area contributed by atoms with Crippen LogP contribution in [0.5, 0.6) is 0 Å². The van der Waals surface area contributed by atoms with E-state index in [1.54, 1.807) is 0 Å². The summed E-state index contributed by atoms with van der Waals surface area (Å²) >= 11 is 0. The van der Waals surface area contributed by atoms with E-state index in [2.05, 4.69) is 51.4 Å². The average molecular weight is 306 g/mol. The SMILES string of the molecule is CC(C)(C)C(NC1CCCOC1)c1nc(-c2ncn[nH]2)no1. The fourth-order valence-electron chi connectivity index (χ4n) is 2.56. The molecule has 0 saturated carbocycles. The van der Waals surface area contributed by atoms with Gasteiger partial charge in [-0.2, -0.15) is 10.1 Å². The van der Waals surface area contributed by atoms with Crippen molar-refractivity contribution in [3.05, 3.63) is 12.2 Å². The molecule has 3 heterocycles. The molecule has 22 heavy (non-hydrogen) atoms. The number of aromatic amines is 1. The van der Waals surface area contributed by atoms with E-state index in [1.165, 1.54) is 6.33 Å². The number of aromatic nitrogens is 5. The molecule has 1 aliphatic rings. The molecule has 0 radical (unpaired) electrons. The first-order chi connectivity index (χ1) is 10.5. The zero-order valence-corrected chi connectivity index (χ0v) is 13.2. The van der Waals surface area contributed by atoms with Crippen LogP contribution in [0.4, 0.5) is 0 Å².